The molecule has 10 aliphatic heterocycles. The van der Waals surface area contributed by atoms with E-state index in [0.29, 0.717) is 0 Å². The second-order valence-corrected chi connectivity index (χ2v) is 32.1. The highest BCUT2D eigenvalue weighted by Gasteiger charge is 2.50. The molecule has 0 aromatic heterocycles. The van der Waals surface area contributed by atoms with Crippen molar-refractivity contribution in [3.8, 4) is 115 Å². The number of hydrogen-bond donors (Lipinski definition) is 0. The molecule has 0 aliphatic carbocycles. The number of fused-ring (bicyclic) bond motifs is 8. The molecular formula is C88H72B4O10. The number of ether oxygens (including phenoxy) is 10. The van der Waals surface area contributed by atoms with Crippen molar-refractivity contribution < 1.29 is 47.4 Å². The van der Waals surface area contributed by atoms with E-state index < -0.39 is 0 Å². The third-order valence-corrected chi connectivity index (χ3v) is 21.4. The third-order valence-electron chi connectivity index (χ3n) is 21.4. The molecule has 0 saturated carbocycles. The maximum Gasteiger partial charge on any atom is 0.270 e. The average Bonchev–Trinajstić information content (AvgIpc) is 0.718. The zero-order chi connectivity index (χ0) is 69.6. The summed E-state index contributed by atoms with van der Waals surface area (Å²) in [5, 5.41) is 0. The highest BCUT2D eigenvalue weighted by molar-refractivity contribution is 7.01. The van der Waals surface area contributed by atoms with Crippen LogP contribution in [0.3, 0.4) is 0 Å². The van der Waals surface area contributed by atoms with Crippen LogP contribution >= 0.6 is 0 Å². The Balaban J connectivity index is 0.0000000941. The van der Waals surface area contributed by atoms with E-state index in [1.807, 2.05) is 103 Å². The van der Waals surface area contributed by atoms with Crippen molar-refractivity contribution >= 4 is 92.4 Å². The van der Waals surface area contributed by atoms with E-state index in [9.17, 15) is 0 Å². The molecule has 0 spiro atoms. The smallest absolute Gasteiger partial charge is 0.270 e. The van der Waals surface area contributed by atoms with Crippen molar-refractivity contribution in [2.75, 3.05) is 0 Å². The lowest BCUT2D eigenvalue weighted by Crippen LogP contribution is -2.60. The number of para-hydroxylation sites is 4. The zero-order valence-electron chi connectivity index (χ0n) is 59.2. The van der Waals surface area contributed by atoms with Crippen molar-refractivity contribution in [3.63, 3.8) is 0 Å². The summed E-state index contributed by atoms with van der Waals surface area (Å²) in [5.74, 6) is 18.0. The molecule has 12 aromatic rings. The number of rotatable bonds is 0. The molecule has 102 heavy (non-hydrogen) atoms. The molecule has 22 rings (SSSR count). The van der Waals surface area contributed by atoms with E-state index in [0.717, 1.165) is 159 Å². The summed E-state index contributed by atoms with van der Waals surface area (Å²) in [4.78, 5) is 0. The molecule has 10 heterocycles. The standard InChI is InChI=1S/2C22H17BO3.2C22H19BO2/c1-22(2,3)12-10-17-21-18(11-12)26-16-9-5-7-14-20(16)23(21)19-13(24-14)6-4-8-15(19)25-17;1-22(2,3)12-10-11-17-20-21(12)26-16-9-5-8-15-19(16)23(20)18-13(24-15)6-4-7-14(18)25-17;1-22(2,3)14-12-19-21-20(13-14)25-18-11-7-5-9-16(18)23(21)15-8-4-6-10-17(15)24-19;1-22(2,3)14-12-13-19-20-21(14)25-18-11-7-5-9-16(18)23(20)15-8-4-6-10-17(15)24-19/h2*4-11H,1-3H3;2*4-13H,1-3H3. The molecule has 12 aromatic carbocycles. The van der Waals surface area contributed by atoms with E-state index in [1.54, 1.807) is 0 Å². The van der Waals surface area contributed by atoms with Crippen LogP contribution < -0.4 is 113 Å². The summed E-state index contributed by atoms with van der Waals surface area (Å²) in [5.41, 5.74) is 18.6. The molecule has 0 atom stereocenters. The lowest BCUT2D eigenvalue weighted by molar-refractivity contribution is 0.431. The summed E-state index contributed by atoms with van der Waals surface area (Å²) in [6.45, 7) is 27.1. The van der Waals surface area contributed by atoms with E-state index >= 15 is 0 Å². The summed E-state index contributed by atoms with van der Waals surface area (Å²) in [7, 11) is 0. The van der Waals surface area contributed by atoms with Gasteiger partial charge in [-0.3, -0.25) is 0 Å². The van der Waals surface area contributed by atoms with Crippen molar-refractivity contribution in [3.05, 3.63) is 241 Å². The fraction of sp³-hybridized carbons (Fsp3) is 0.182. The molecule has 0 fully saturated rings. The summed E-state index contributed by atoms with van der Waals surface area (Å²) in [6, 6.07) is 74.6. The van der Waals surface area contributed by atoms with Gasteiger partial charge >= 0.3 is 0 Å². The molecular weight excluding hydrogens is 1260 g/mol. The van der Waals surface area contributed by atoms with Crippen molar-refractivity contribution in [1.29, 1.82) is 0 Å². The van der Waals surface area contributed by atoms with Gasteiger partial charge in [0.2, 0.25) is 0 Å². The molecule has 14 heteroatoms. The Morgan fingerprint density at radius 1 is 0.186 bits per heavy atom. The van der Waals surface area contributed by atoms with Gasteiger partial charge in [-0.25, -0.2) is 0 Å². The van der Waals surface area contributed by atoms with Crippen LogP contribution in [0.1, 0.15) is 105 Å². The molecule has 0 saturated heterocycles. The summed E-state index contributed by atoms with van der Waals surface area (Å²) in [6.07, 6.45) is 0. The number of benzene rings is 12. The van der Waals surface area contributed by atoms with Crippen molar-refractivity contribution in [1.82, 2.24) is 0 Å². The van der Waals surface area contributed by atoms with Gasteiger partial charge in [0, 0.05) is 43.7 Å². The molecule has 0 radical (unpaired) electrons. The largest absolute Gasteiger partial charge is 0.458 e. The van der Waals surface area contributed by atoms with Crippen LogP contribution in [-0.4, -0.2) is 26.9 Å². The van der Waals surface area contributed by atoms with Crippen LogP contribution in [0.5, 0.6) is 115 Å². The lowest BCUT2D eigenvalue weighted by atomic mass is 9.33. The Kier molecular flexibility index (Phi) is 13.5. The number of hydrogen-bond acceptors (Lipinski definition) is 10. The SMILES string of the molecule is CC(C)(C)c1cc2c3c(c1)Oc1cccc4c1B3c1c(cccc1O2)O4.CC(C)(C)c1cc2c3c(c1)Oc1ccccc1B3c1ccccc1O2.CC(C)(C)c1ccc2c3c1Oc1cccc4c1B3c1c(cccc1O2)O4.CC(C)(C)c1ccc2c3c1Oc1ccccc1B3c1ccccc1O2. The van der Waals surface area contributed by atoms with Gasteiger partial charge in [-0.2, -0.15) is 0 Å². The maximum atomic E-state index is 6.45. The van der Waals surface area contributed by atoms with Crippen molar-refractivity contribution in [2.24, 2.45) is 0 Å². The van der Waals surface area contributed by atoms with Gasteiger partial charge in [-0.05, 0) is 175 Å². The first-order valence-corrected chi connectivity index (χ1v) is 35.5. The minimum atomic E-state index is -0.0234. The van der Waals surface area contributed by atoms with Gasteiger partial charge < -0.3 is 47.4 Å². The first kappa shape index (κ1) is 61.9. The third kappa shape index (κ3) is 9.64. The predicted molar refractivity (Wildman–Crippen MR) is 411 cm³/mol. The fourth-order valence-electron chi connectivity index (χ4n) is 16.4. The van der Waals surface area contributed by atoms with Crippen molar-refractivity contribution in [2.45, 2.75) is 105 Å². The summed E-state index contributed by atoms with van der Waals surface area (Å²) >= 11 is 0. The quantitative estimate of drug-likeness (QED) is 0.137. The van der Waals surface area contributed by atoms with Gasteiger partial charge in [-0.15, -0.1) is 0 Å². The monoisotopic (exact) mass is 1330 g/mol. The molecule has 496 valence electrons. The molecule has 0 unspecified atom stereocenters. The van der Waals surface area contributed by atoms with Crippen LogP contribution in [-0.2, 0) is 21.7 Å². The van der Waals surface area contributed by atoms with Gasteiger partial charge in [0.1, 0.15) is 115 Å². The van der Waals surface area contributed by atoms with E-state index in [2.05, 4.69) is 198 Å². The normalized spacial score (nSPS) is 14.4. The maximum absolute atomic E-state index is 6.45. The Morgan fingerprint density at radius 3 is 0.735 bits per heavy atom. The van der Waals surface area contributed by atoms with Gasteiger partial charge in [0.05, 0.1) is 0 Å². The van der Waals surface area contributed by atoms with E-state index in [4.69, 9.17) is 47.4 Å². The average molecular weight is 1330 g/mol. The summed E-state index contributed by atoms with van der Waals surface area (Å²) < 4.78 is 62.9. The topological polar surface area (TPSA) is 92.3 Å². The van der Waals surface area contributed by atoms with Gasteiger partial charge in [0.25, 0.3) is 26.9 Å². The fourth-order valence-corrected chi connectivity index (χ4v) is 16.4. The molecule has 10 nitrogen and oxygen atoms in total. The lowest BCUT2D eigenvalue weighted by Gasteiger charge is -2.39. The van der Waals surface area contributed by atoms with E-state index in [1.165, 1.54) is 44.1 Å². The first-order valence-electron chi connectivity index (χ1n) is 35.5. The molecule has 10 aliphatic rings. The predicted octanol–water partition coefficient (Wildman–Crippen LogP) is 15.1. The second kappa shape index (κ2) is 22.2. The van der Waals surface area contributed by atoms with Crippen LogP contribution in [0.15, 0.2) is 218 Å². The Bertz CT molecular complexity index is 5400. The first-order chi connectivity index (χ1) is 49.1. The Morgan fingerprint density at radius 2 is 0.402 bits per heavy atom. The van der Waals surface area contributed by atoms with Crippen LogP contribution in [0.2, 0.25) is 0 Å². The van der Waals surface area contributed by atoms with Crippen LogP contribution in [0.4, 0.5) is 0 Å². The zero-order valence-corrected chi connectivity index (χ0v) is 59.2. The highest BCUT2D eigenvalue weighted by atomic mass is 16.5. The molecule has 0 N–H and O–H groups in total. The molecule has 0 bridgehead atoms. The minimum absolute atomic E-state index is 0.00182. The van der Waals surface area contributed by atoms with Crippen LogP contribution in [0, 0.1) is 0 Å². The van der Waals surface area contributed by atoms with Gasteiger partial charge in [-0.1, -0.05) is 192 Å². The molecule has 0 amide bonds. The highest BCUT2D eigenvalue weighted by Crippen LogP contribution is 2.48. The minimum Gasteiger partial charge on any atom is -0.458 e. The Hall–Kier alpha value is -11.1. The second-order valence-electron chi connectivity index (χ2n) is 32.1. The van der Waals surface area contributed by atoms with Crippen LogP contribution in [0.25, 0.3) is 0 Å². The van der Waals surface area contributed by atoms with Gasteiger partial charge in [0.15, 0.2) is 0 Å². The Labute approximate surface area is 596 Å². The van der Waals surface area contributed by atoms with E-state index in [-0.39, 0.29) is 48.5 Å².